The SMILES string of the molecule is CCOC(=O)c1ccccc1C(C)(C)c1ccc(C#N)cc1. The first-order valence-electron chi connectivity index (χ1n) is 7.28. The van der Waals surface area contributed by atoms with E-state index in [0.717, 1.165) is 11.1 Å². The summed E-state index contributed by atoms with van der Waals surface area (Å²) < 4.78 is 5.15. The van der Waals surface area contributed by atoms with E-state index >= 15 is 0 Å². The van der Waals surface area contributed by atoms with Gasteiger partial charge in [-0.25, -0.2) is 4.79 Å². The normalized spacial score (nSPS) is 10.8. The third-order valence-electron chi connectivity index (χ3n) is 3.83. The molecule has 0 saturated carbocycles. The van der Waals surface area contributed by atoms with Crippen LogP contribution in [0, 0.1) is 11.3 Å². The summed E-state index contributed by atoms with van der Waals surface area (Å²) in [6.45, 7) is 6.27. The Morgan fingerprint density at radius 3 is 2.36 bits per heavy atom. The van der Waals surface area contributed by atoms with Gasteiger partial charge in [0.05, 0.1) is 23.8 Å². The number of benzene rings is 2. The first kappa shape index (κ1) is 15.8. The van der Waals surface area contributed by atoms with Crippen LogP contribution < -0.4 is 0 Å². The highest BCUT2D eigenvalue weighted by Crippen LogP contribution is 2.34. The third kappa shape index (κ3) is 3.01. The summed E-state index contributed by atoms with van der Waals surface area (Å²) in [6.07, 6.45) is 0. The molecule has 22 heavy (non-hydrogen) atoms. The van der Waals surface area contributed by atoms with Gasteiger partial charge in [-0.2, -0.15) is 5.26 Å². The summed E-state index contributed by atoms with van der Waals surface area (Å²) in [6, 6.07) is 17.1. The fourth-order valence-corrected chi connectivity index (χ4v) is 2.53. The maximum Gasteiger partial charge on any atom is 0.338 e. The zero-order valence-electron chi connectivity index (χ0n) is 13.1. The Balaban J connectivity index is 2.49. The molecule has 0 aromatic heterocycles. The molecule has 0 atom stereocenters. The van der Waals surface area contributed by atoms with Gasteiger partial charge in [0, 0.05) is 5.41 Å². The van der Waals surface area contributed by atoms with E-state index in [0.29, 0.717) is 17.7 Å². The highest BCUT2D eigenvalue weighted by atomic mass is 16.5. The summed E-state index contributed by atoms with van der Waals surface area (Å²) >= 11 is 0. The van der Waals surface area contributed by atoms with E-state index in [-0.39, 0.29) is 11.4 Å². The second-order valence-corrected chi connectivity index (χ2v) is 5.58. The molecule has 0 saturated heterocycles. The van der Waals surface area contributed by atoms with E-state index in [9.17, 15) is 4.79 Å². The number of rotatable bonds is 4. The number of nitriles is 1. The first-order valence-corrected chi connectivity index (χ1v) is 7.28. The van der Waals surface area contributed by atoms with Crippen LogP contribution >= 0.6 is 0 Å². The molecule has 112 valence electrons. The summed E-state index contributed by atoms with van der Waals surface area (Å²) in [5, 5.41) is 8.91. The maximum atomic E-state index is 12.2. The largest absolute Gasteiger partial charge is 0.462 e. The van der Waals surface area contributed by atoms with Gasteiger partial charge in [-0.15, -0.1) is 0 Å². The predicted octanol–water partition coefficient (Wildman–Crippen LogP) is 4.06. The second-order valence-electron chi connectivity index (χ2n) is 5.58. The van der Waals surface area contributed by atoms with E-state index in [2.05, 4.69) is 19.9 Å². The van der Waals surface area contributed by atoms with Crippen molar-refractivity contribution in [1.29, 1.82) is 5.26 Å². The molecular formula is C19H19NO2. The molecule has 0 aliphatic rings. The zero-order valence-corrected chi connectivity index (χ0v) is 13.1. The monoisotopic (exact) mass is 293 g/mol. The Labute approximate surface area is 131 Å². The predicted molar refractivity (Wildman–Crippen MR) is 85.7 cm³/mol. The molecule has 0 amide bonds. The lowest BCUT2D eigenvalue weighted by atomic mass is 9.76. The first-order chi connectivity index (χ1) is 10.5. The molecule has 2 rings (SSSR count). The zero-order chi connectivity index (χ0) is 16.2. The Bertz CT molecular complexity index is 709. The van der Waals surface area contributed by atoms with Crippen molar-refractivity contribution < 1.29 is 9.53 Å². The standard InChI is InChI=1S/C19H19NO2/c1-4-22-18(21)16-7-5-6-8-17(16)19(2,3)15-11-9-14(13-20)10-12-15/h5-12H,4H2,1-3H3. The quantitative estimate of drug-likeness (QED) is 0.799. The molecule has 0 N–H and O–H groups in total. The lowest BCUT2D eigenvalue weighted by Crippen LogP contribution is -2.23. The van der Waals surface area contributed by atoms with E-state index in [1.165, 1.54) is 0 Å². The summed E-state index contributed by atoms with van der Waals surface area (Å²) in [5.74, 6) is -0.306. The van der Waals surface area contributed by atoms with Crippen molar-refractivity contribution in [3.63, 3.8) is 0 Å². The number of esters is 1. The minimum Gasteiger partial charge on any atom is -0.462 e. The number of ether oxygens (including phenoxy) is 1. The number of nitrogens with zero attached hydrogens (tertiary/aromatic N) is 1. The Morgan fingerprint density at radius 1 is 1.14 bits per heavy atom. The van der Waals surface area contributed by atoms with Crippen LogP contribution in [0.3, 0.4) is 0 Å². The molecule has 0 spiro atoms. The van der Waals surface area contributed by atoms with Gasteiger partial charge in [0.1, 0.15) is 0 Å². The van der Waals surface area contributed by atoms with Crippen LogP contribution in [0.1, 0.15) is 47.8 Å². The van der Waals surface area contributed by atoms with Gasteiger partial charge in [0.25, 0.3) is 0 Å². The maximum absolute atomic E-state index is 12.2. The smallest absolute Gasteiger partial charge is 0.338 e. The summed E-state index contributed by atoms with van der Waals surface area (Å²) in [4.78, 5) is 12.2. The van der Waals surface area contributed by atoms with Gasteiger partial charge in [-0.1, -0.05) is 44.2 Å². The van der Waals surface area contributed by atoms with Crippen molar-refractivity contribution >= 4 is 5.97 Å². The van der Waals surface area contributed by atoms with E-state index in [4.69, 9.17) is 10.00 Å². The molecule has 0 fully saturated rings. The fraction of sp³-hybridized carbons (Fsp3) is 0.263. The van der Waals surface area contributed by atoms with E-state index in [1.807, 2.05) is 30.3 Å². The molecule has 0 radical (unpaired) electrons. The minimum absolute atomic E-state index is 0.306. The van der Waals surface area contributed by atoms with Crippen LogP contribution in [0.15, 0.2) is 48.5 Å². The van der Waals surface area contributed by atoms with Crippen LogP contribution in [0.2, 0.25) is 0 Å². The van der Waals surface area contributed by atoms with Gasteiger partial charge in [-0.3, -0.25) is 0 Å². The highest BCUT2D eigenvalue weighted by Gasteiger charge is 2.28. The van der Waals surface area contributed by atoms with Crippen molar-refractivity contribution in [1.82, 2.24) is 0 Å². The molecule has 0 unspecified atom stereocenters. The fourth-order valence-electron chi connectivity index (χ4n) is 2.53. The van der Waals surface area contributed by atoms with Crippen molar-refractivity contribution in [2.75, 3.05) is 6.61 Å². The van der Waals surface area contributed by atoms with Gasteiger partial charge in [0.2, 0.25) is 0 Å². The number of hydrogen-bond donors (Lipinski definition) is 0. The molecule has 3 nitrogen and oxygen atoms in total. The topological polar surface area (TPSA) is 50.1 Å². The van der Waals surface area contributed by atoms with E-state index in [1.54, 1.807) is 25.1 Å². The number of hydrogen-bond acceptors (Lipinski definition) is 3. The summed E-state index contributed by atoms with van der Waals surface area (Å²) in [5.41, 5.74) is 2.80. The molecule has 2 aromatic rings. The Morgan fingerprint density at radius 2 is 1.77 bits per heavy atom. The van der Waals surface area contributed by atoms with Crippen LogP contribution in [-0.2, 0) is 10.2 Å². The lowest BCUT2D eigenvalue weighted by molar-refractivity contribution is 0.0524. The van der Waals surface area contributed by atoms with E-state index < -0.39 is 0 Å². The molecular weight excluding hydrogens is 274 g/mol. The molecule has 2 aromatic carbocycles. The third-order valence-corrected chi connectivity index (χ3v) is 3.83. The van der Waals surface area contributed by atoms with Crippen LogP contribution in [-0.4, -0.2) is 12.6 Å². The summed E-state index contributed by atoms with van der Waals surface area (Å²) in [7, 11) is 0. The Kier molecular flexibility index (Phi) is 4.62. The van der Waals surface area contributed by atoms with Crippen molar-refractivity contribution in [3.8, 4) is 6.07 Å². The van der Waals surface area contributed by atoms with Gasteiger partial charge in [0.15, 0.2) is 0 Å². The Hall–Kier alpha value is -2.60. The number of carbonyl (C=O) groups is 1. The van der Waals surface area contributed by atoms with Gasteiger partial charge < -0.3 is 4.74 Å². The van der Waals surface area contributed by atoms with Crippen molar-refractivity contribution in [2.45, 2.75) is 26.2 Å². The van der Waals surface area contributed by atoms with Crippen molar-refractivity contribution in [3.05, 3.63) is 70.8 Å². The molecule has 0 aliphatic heterocycles. The average Bonchev–Trinajstić information content (AvgIpc) is 2.55. The van der Waals surface area contributed by atoms with Crippen LogP contribution in [0.5, 0.6) is 0 Å². The molecule has 0 aliphatic carbocycles. The average molecular weight is 293 g/mol. The van der Waals surface area contributed by atoms with Crippen LogP contribution in [0.4, 0.5) is 0 Å². The van der Waals surface area contributed by atoms with Crippen molar-refractivity contribution in [2.24, 2.45) is 0 Å². The molecule has 0 bridgehead atoms. The molecule has 0 heterocycles. The van der Waals surface area contributed by atoms with Gasteiger partial charge in [-0.05, 0) is 36.2 Å². The lowest BCUT2D eigenvalue weighted by Gasteiger charge is -2.28. The highest BCUT2D eigenvalue weighted by molar-refractivity contribution is 5.91. The molecule has 3 heteroatoms. The van der Waals surface area contributed by atoms with Gasteiger partial charge >= 0.3 is 5.97 Å². The minimum atomic E-state index is -0.364. The second kappa shape index (κ2) is 6.44. The number of carbonyl (C=O) groups excluding carboxylic acids is 1. The van der Waals surface area contributed by atoms with Crippen LogP contribution in [0.25, 0.3) is 0 Å².